The topological polar surface area (TPSA) is 16.1 Å². The molecule has 0 aliphatic rings. The summed E-state index contributed by atoms with van der Waals surface area (Å²) in [6, 6.07) is 5.61. The Labute approximate surface area is 71.8 Å². The molecule has 0 fully saturated rings. The van der Waals surface area contributed by atoms with Gasteiger partial charge in [0.25, 0.3) is 0 Å². The van der Waals surface area contributed by atoms with Crippen LogP contribution in [0.15, 0.2) is 18.2 Å². The minimum Gasteiger partial charge on any atom is -0.360 e. The minimum absolute atomic E-state index is 0.544. The van der Waals surface area contributed by atoms with Crippen LogP contribution in [0.1, 0.15) is 6.92 Å². The SMILES string of the molecule is CCN(C)c1cccc(Cl)n1. The Morgan fingerprint density at radius 3 is 2.82 bits per heavy atom. The van der Waals surface area contributed by atoms with Crippen molar-refractivity contribution in [2.24, 2.45) is 0 Å². The highest BCUT2D eigenvalue weighted by molar-refractivity contribution is 6.29. The van der Waals surface area contributed by atoms with Crippen molar-refractivity contribution in [2.75, 3.05) is 18.5 Å². The molecule has 0 radical (unpaired) electrons. The van der Waals surface area contributed by atoms with Crippen molar-refractivity contribution in [3.8, 4) is 0 Å². The van der Waals surface area contributed by atoms with E-state index in [-0.39, 0.29) is 0 Å². The lowest BCUT2D eigenvalue weighted by Crippen LogP contribution is -2.16. The monoisotopic (exact) mass is 170 g/mol. The fourth-order valence-electron chi connectivity index (χ4n) is 0.772. The quantitative estimate of drug-likeness (QED) is 0.633. The van der Waals surface area contributed by atoms with Crippen LogP contribution >= 0.6 is 11.6 Å². The van der Waals surface area contributed by atoms with E-state index >= 15 is 0 Å². The fourth-order valence-corrected chi connectivity index (χ4v) is 0.931. The minimum atomic E-state index is 0.544. The number of aromatic nitrogens is 1. The second-order valence-electron chi connectivity index (χ2n) is 2.33. The molecule has 0 atom stereocenters. The standard InChI is InChI=1S/C8H11ClN2/c1-3-11(2)8-6-4-5-7(9)10-8/h4-6H,3H2,1-2H3. The van der Waals surface area contributed by atoms with E-state index < -0.39 is 0 Å². The maximum absolute atomic E-state index is 5.71. The Bertz CT molecular complexity index is 237. The molecule has 2 nitrogen and oxygen atoms in total. The number of hydrogen-bond acceptors (Lipinski definition) is 2. The van der Waals surface area contributed by atoms with Crippen molar-refractivity contribution >= 4 is 17.4 Å². The summed E-state index contributed by atoms with van der Waals surface area (Å²) in [5.41, 5.74) is 0. The van der Waals surface area contributed by atoms with Gasteiger partial charge >= 0.3 is 0 Å². The number of rotatable bonds is 2. The van der Waals surface area contributed by atoms with E-state index in [2.05, 4.69) is 11.9 Å². The number of hydrogen-bond donors (Lipinski definition) is 0. The lowest BCUT2D eigenvalue weighted by molar-refractivity contribution is 0.939. The summed E-state index contributed by atoms with van der Waals surface area (Å²) in [6.45, 7) is 3.01. The Hall–Kier alpha value is -0.760. The van der Waals surface area contributed by atoms with Gasteiger partial charge in [-0.2, -0.15) is 0 Å². The molecular formula is C8H11ClN2. The van der Waals surface area contributed by atoms with Crippen LogP contribution in [0.3, 0.4) is 0 Å². The zero-order chi connectivity index (χ0) is 8.27. The third kappa shape index (κ3) is 2.09. The van der Waals surface area contributed by atoms with Gasteiger partial charge in [0.05, 0.1) is 0 Å². The van der Waals surface area contributed by atoms with Gasteiger partial charge in [0.1, 0.15) is 11.0 Å². The molecule has 0 saturated heterocycles. The first kappa shape index (κ1) is 8.34. The van der Waals surface area contributed by atoms with Gasteiger partial charge in [-0.1, -0.05) is 17.7 Å². The molecule has 0 spiro atoms. The average molecular weight is 171 g/mol. The fraction of sp³-hybridized carbons (Fsp3) is 0.375. The van der Waals surface area contributed by atoms with Crippen LogP contribution in [0, 0.1) is 0 Å². The number of anilines is 1. The maximum atomic E-state index is 5.71. The third-order valence-electron chi connectivity index (χ3n) is 1.57. The largest absolute Gasteiger partial charge is 0.360 e. The van der Waals surface area contributed by atoms with Gasteiger partial charge in [0.15, 0.2) is 0 Å². The summed E-state index contributed by atoms with van der Waals surface area (Å²) in [6.07, 6.45) is 0. The van der Waals surface area contributed by atoms with Crippen LogP contribution in [0.2, 0.25) is 5.15 Å². The molecule has 0 saturated carbocycles. The highest BCUT2D eigenvalue weighted by Gasteiger charge is 1.98. The lowest BCUT2D eigenvalue weighted by atomic mass is 10.4. The summed E-state index contributed by atoms with van der Waals surface area (Å²) in [7, 11) is 1.98. The normalized spacial score (nSPS) is 9.73. The first-order valence-electron chi connectivity index (χ1n) is 3.57. The third-order valence-corrected chi connectivity index (χ3v) is 1.78. The van der Waals surface area contributed by atoms with Crippen LogP contribution in [0.5, 0.6) is 0 Å². The molecular weight excluding hydrogens is 160 g/mol. The van der Waals surface area contributed by atoms with E-state index in [0.29, 0.717) is 5.15 Å². The second-order valence-corrected chi connectivity index (χ2v) is 2.72. The number of pyridine rings is 1. The van der Waals surface area contributed by atoms with E-state index in [4.69, 9.17) is 11.6 Å². The molecule has 0 amide bonds. The molecule has 0 bridgehead atoms. The van der Waals surface area contributed by atoms with Gasteiger partial charge in [-0.25, -0.2) is 4.98 Å². The molecule has 1 rings (SSSR count). The van der Waals surface area contributed by atoms with Crippen molar-refractivity contribution < 1.29 is 0 Å². The van der Waals surface area contributed by atoms with Gasteiger partial charge in [-0.15, -0.1) is 0 Å². The van der Waals surface area contributed by atoms with Gasteiger partial charge in [-0.05, 0) is 19.1 Å². The zero-order valence-electron chi connectivity index (χ0n) is 6.71. The molecule has 0 aliphatic heterocycles. The molecule has 0 aliphatic carbocycles. The summed E-state index contributed by atoms with van der Waals surface area (Å²) in [5, 5.41) is 0.544. The van der Waals surface area contributed by atoms with Crippen LogP contribution in [0.25, 0.3) is 0 Å². The first-order valence-corrected chi connectivity index (χ1v) is 3.95. The zero-order valence-corrected chi connectivity index (χ0v) is 7.47. The summed E-state index contributed by atoms with van der Waals surface area (Å²) in [4.78, 5) is 6.17. The molecule has 60 valence electrons. The predicted octanol–water partition coefficient (Wildman–Crippen LogP) is 2.19. The average Bonchev–Trinajstić information content (AvgIpc) is 2.03. The van der Waals surface area contributed by atoms with Crippen LogP contribution in [0.4, 0.5) is 5.82 Å². The van der Waals surface area contributed by atoms with Crippen molar-refractivity contribution in [1.82, 2.24) is 4.98 Å². The van der Waals surface area contributed by atoms with Crippen LogP contribution in [-0.2, 0) is 0 Å². The molecule has 1 aromatic rings. The van der Waals surface area contributed by atoms with E-state index in [1.54, 1.807) is 6.07 Å². The second kappa shape index (κ2) is 3.58. The summed E-state index contributed by atoms with van der Waals surface area (Å²) in [5.74, 6) is 0.917. The summed E-state index contributed by atoms with van der Waals surface area (Å²) < 4.78 is 0. The molecule has 0 N–H and O–H groups in total. The van der Waals surface area contributed by atoms with Crippen LogP contribution in [-0.4, -0.2) is 18.6 Å². The predicted molar refractivity (Wildman–Crippen MR) is 48.2 cm³/mol. The molecule has 0 unspecified atom stereocenters. The van der Waals surface area contributed by atoms with Crippen LogP contribution < -0.4 is 4.90 Å². The van der Waals surface area contributed by atoms with Gasteiger partial charge in [0, 0.05) is 13.6 Å². The van der Waals surface area contributed by atoms with Gasteiger partial charge < -0.3 is 4.90 Å². The number of halogens is 1. The number of nitrogens with zero attached hydrogens (tertiary/aromatic N) is 2. The van der Waals surface area contributed by atoms with Crippen molar-refractivity contribution in [2.45, 2.75) is 6.92 Å². The lowest BCUT2D eigenvalue weighted by Gasteiger charge is -2.14. The van der Waals surface area contributed by atoms with Gasteiger partial charge in [0.2, 0.25) is 0 Å². The van der Waals surface area contributed by atoms with Crippen molar-refractivity contribution in [3.05, 3.63) is 23.4 Å². The summed E-state index contributed by atoms with van der Waals surface area (Å²) >= 11 is 5.71. The molecule has 1 aromatic heterocycles. The molecule has 3 heteroatoms. The van der Waals surface area contributed by atoms with Crippen molar-refractivity contribution in [3.63, 3.8) is 0 Å². The Morgan fingerprint density at radius 1 is 1.55 bits per heavy atom. The van der Waals surface area contributed by atoms with E-state index in [0.717, 1.165) is 12.4 Å². The van der Waals surface area contributed by atoms with E-state index in [9.17, 15) is 0 Å². The molecule has 11 heavy (non-hydrogen) atoms. The Morgan fingerprint density at radius 2 is 2.27 bits per heavy atom. The highest BCUT2D eigenvalue weighted by atomic mass is 35.5. The molecule has 1 heterocycles. The highest BCUT2D eigenvalue weighted by Crippen LogP contribution is 2.11. The maximum Gasteiger partial charge on any atom is 0.131 e. The van der Waals surface area contributed by atoms with Crippen molar-refractivity contribution in [1.29, 1.82) is 0 Å². The Kier molecular flexibility index (Phi) is 2.71. The van der Waals surface area contributed by atoms with Gasteiger partial charge in [-0.3, -0.25) is 0 Å². The molecule has 0 aromatic carbocycles. The Balaban J connectivity index is 2.86. The first-order chi connectivity index (χ1) is 5.24. The van der Waals surface area contributed by atoms with E-state index in [1.165, 1.54) is 0 Å². The van der Waals surface area contributed by atoms with E-state index in [1.807, 2.05) is 24.1 Å². The smallest absolute Gasteiger partial charge is 0.131 e.